The zero-order chi connectivity index (χ0) is 15.1. The fourth-order valence-electron chi connectivity index (χ4n) is 2.70. The molecule has 0 bridgehead atoms. The fraction of sp³-hybridized carbons (Fsp3) is 0.294. The van der Waals surface area contributed by atoms with Gasteiger partial charge in [0.15, 0.2) is 0 Å². The average Bonchev–Trinajstić information content (AvgIpc) is 3.11. The number of hydrogen-bond acceptors (Lipinski definition) is 3. The summed E-state index contributed by atoms with van der Waals surface area (Å²) in [4.78, 5) is 28.4. The molecule has 1 aromatic heterocycles. The maximum Gasteiger partial charge on any atom is 0.261 e. The first-order valence-electron chi connectivity index (χ1n) is 7.53. The number of amides is 2. The normalized spacial score (nSPS) is 16.5. The summed E-state index contributed by atoms with van der Waals surface area (Å²) in [7, 11) is 0. The van der Waals surface area contributed by atoms with E-state index in [9.17, 15) is 9.59 Å². The van der Waals surface area contributed by atoms with E-state index in [4.69, 9.17) is 0 Å². The maximum absolute atomic E-state index is 12.6. The molecule has 2 amide bonds. The molecular weight excluding hydrogens is 296 g/mol. The smallest absolute Gasteiger partial charge is 0.261 e. The maximum atomic E-state index is 12.6. The monoisotopic (exact) mass is 312 g/mol. The largest absolute Gasteiger partial charge is 0.349 e. The Morgan fingerprint density at radius 1 is 1.18 bits per heavy atom. The van der Waals surface area contributed by atoms with Crippen molar-refractivity contribution in [1.29, 1.82) is 0 Å². The molecule has 1 aromatic carbocycles. The van der Waals surface area contributed by atoms with Gasteiger partial charge in [0.2, 0.25) is 0 Å². The van der Waals surface area contributed by atoms with Crippen molar-refractivity contribution >= 4 is 28.8 Å². The van der Waals surface area contributed by atoms with Crippen LogP contribution in [0.3, 0.4) is 0 Å². The minimum atomic E-state index is -0.00555. The molecule has 1 fully saturated rings. The van der Waals surface area contributed by atoms with E-state index < -0.39 is 0 Å². The second kappa shape index (κ2) is 5.25. The number of rotatable bonds is 3. The molecule has 0 saturated heterocycles. The van der Waals surface area contributed by atoms with Crippen LogP contribution in [-0.4, -0.2) is 24.4 Å². The van der Waals surface area contributed by atoms with Gasteiger partial charge in [0.25, 0.3) is 11.8 Å². The van der Waals surface area contributed by atoms with E-state index in [0.717, 1.165) is 29.8 Å². The second-order valence-corrected chi connectivity index (χ2v) is 6.88. The highest BCUT2D eigenvalue weighted by Gasteiger charge is 2.30. The number of carbonyl (C=O) groups is 2. The van der Waals surface area contributed by atoms with Crippen molar-refractivity contribution in [2.75, 3.05) is 11.4 Å². The highest BCUT2D eigenvalue weighted by molar-refractivity contribution is 7.14. The third-order valence-corrected chi connectivity index (χ3v) is 5.22. The summed E-state index contributed by atoms with van der Waals surface area (Å²) in [6, 6.07) is 11.5. The number of nitrogens with one attached hydrogen (secondary N) is 1. The molecule has 4 nitrogen and oxygen atoms in total. The van der Waals surface area contributed by atoms with Gasteiger partial charge in [0.05, 0.1) is 10.6 Å². The van der Waals surface area contributed by atoms with E-state index in [0.29, 0.717) is 23.0 Å². The molecule has 1 saturated carbocycles. The molecule has 0 spiro atoms. The third kappa shape index (κ3) is 2.41. The number of anilines is 1. The molecule has 1 N–H and O–H groups in total. The van der Waals surface area contributed by atoms with Gasteiger partial charge in [-0.25, -0.2) is 0 Å². The van der Waals surface area contributed by atoms with Crippen molar-refractivity contribution in [1.82, 2.24) is 5.32 Å². The summed E-state index contributed by atoms with van der Waals surface area (Å²) in [6.07, 6.45) is 2.99. The molecule has 0 atom stereocenters. The number of carbonyl (C=O) groups excluding carboxylic acids is 2. The summed E-state index contributed by atoms with van der Waals surface area (Å²) in [5, 5.41) is 3.00. The Morgan fingerprint density at radius 3 is 2.68 bits per heavy atom. The lowest BCUT2D eigenvalue weighted by Gasteiger charge is -2.16. The van der Waals surface area contributed by atoms with Crippen molar-refractivity contribution in [3.8, 4) is 0 Å². The number of thiophene rings is 1. The molecular formula is C17H16N2O2S. The predicted molar refractivity (Wildman–Crippen MR) is 86.6 cm³/mol. The van der Waals surface area contributed by atoms with Crippen LogP contribution in [-0.2, 0) is 6.42 Å². The minimum Gasteiger partial charge on any atom is -0.349 e. The Hall–Kier alpha value is -2.14. The van der Waals surface area contributed by atoms with Crippen LogP contribution in [0.4, 0.5) is 5.69 Å². The predicted octanol–water partition coefficient (Wildman–Crippen LogP) is 2.84. The topological polar surface area (TPSA) is 49.4 Å². The van der Waals surface area contributed by atoms with E-state index >= 15 is 0 Å². The van der Waals surface area contributed by atoms with Crippen molar-refractivity contribution in [2.24, 2.45) is 0 Å². The van der Waals surface area contributed by atoms with Crippen LogP contribution in [0.2, 0.25) is 0 Å². The van der Waals surface area contributed by atoms with E-state index in [1.165, 1.54) is 11.3 Å². The molecule has 2 heterocycles. The number of nitrogens with zero attached hydrogens (tertiary/aromatic N) is 1. The second-order valence-electron chi connectivity index (χ2n) is 5.74. The van der Waals surface area contributed by atoms with Crippen molar-refractivity contribution in [3.63, 3.8) is 0 Å². The Bertz CT molecular complexity index is 734. The molecule has 4 rings (SSSR count). The molecule has 1 aliphatic heterocycles. The molecule has 0 radical (unpaired) electrons. The molecule has 22 heavy (non-hydrogen) atoms. The lowest BCUT2D eigenvalue weighted by atomic mass is 10.2. The third-order valence-electron chi connectivity index (χ3n) is 4.04. The molecule has 0 unspecified atom stereocenters. The van der Waals surface area contributed by atoms with Gasteiger partial charge in [0, 0.05) is 29.4 Å². The first-order chi connectivity index (χ1) is 10.7. The SMILES string of the molecule is O=C(NC1CC1)c1cc2c(s1)CCN2C(=O)c1ccccc1. The summed E-state index contributed by atoms with van der Waals surface area (Å²) >= 11 is 1.51. The van der Waals surface area contributed by atoms with Gasteiger partial charge in [-0.3, -0.25) is 9.59 Å². The van der Waals surface area contributed by atoms with Crippen LogP contribution >= 0.6 is 11.3 Å². The van der Waals surface area contributed by atoms with E-state index in [1.807, 2.05) is 36.4 Å². The van der Waals surface area contributed by atoms with Crippen LogP contribution in [0, 0.1) is 0 Å². The van der Waals surface area contributed by atoms with E-state index in [2.05, 4.69) is 5.32 Å². The molecule has 112 valence electrons. The summed E-state index contributed by atoms with van der Waals surface area (Å²) in [6.45, 7) is 0.694. The number of fused-ring (bicyclic) bond motifs is 1. The first kappa shape index (κ1) is 13.5. The van der Waals surface area contributed by atoms with Gasteiger partial charge in [0.1, 0.15) is 0 Å². The zero-order valence-electron chi connectivity index (χ0n) is 12.0. The Labute approximate surface area is 132 Å². The van der Waals surface area contributed by atoms with Gasteiger partial charge >= 0.3 is 0 Å². The summed E-state index contributed by atoms with van der Waals surface area (Å²) in [5.41, 5.74) is 1.59. The molecule has 1 aliphatic carbocycles. The summed E-state index contributed by atoms with van der Waals surface area (Å²) < 4.78 is 0. The number of benzene rings is 1. The van der Waals surface area contributed by atoms with Gasteiger partial charge in [-0.15, -0.1) is 11.3 Å². The standard InChI is InChI=1S/C17H16N2O2S/c20-16(18-12-6-7-12)15-10-13-14(22-15)8-9-19(13)17(21)11-4-2-1-3-5-11/h1-5,10,12H,6-9H2,(H,18,20). The lowest BCUT2D eigenvalue weighted by molar-refractivity contribution is 0.0952. The van der Waals surface area contributed by atoms with Crippen LogP contribution in [0.5, 0.6) is 0 Å². The lowest BCUT2D eigenvalue weighted by Crippen LogP contribution is -2.29. The molecule has 2 aliphatic rings. The summed E-state index contributed by atoms with van der Waals surface area (Å²) in [5.74, 6) is 0.000288. The molecule has 5 heteroatoms. The van der Waals surface area contributed by atoms with Gasteiger partial charge in [-0.05, 0) is 31.0 Å². The quantitative estimate of drug-likeness (QED) is 0.947. The van der Waals surface area contributed by atoms with Crippen LogP contribution in [0.25, 0.3) is 0 Å². The van der Waals surface area contributed by atoms with Crippen LogP contribution in [0.15, 0.2) is 36.4 Å². The molecule has 2 aromatic rings. The number of hydrogen-bond donors (Lipinski definition) is 1. The average molecular weight is 312 g/mol. The minimum absolute atomic E-state index is 0.00555. The van der Waals surface area contributed by atoms with Gasteiger partial charge in [-0.1, -0.05) is 18.2 Å². The van der Waals surface area contributed by atoms with Crippen molar-refractivity contribution < 1.29 is 9.59 Å². The Morgan fingerprint density at radius 2 is 1.95 bits per heavy atom. The first-order valence-corrected chi connectivity index (χ1v) is 8.34. The highest BCUT2D eigenvalue weighted by Crippen LogP contribution is 2.37. The van der Waals surface area contributed by atoms with Crippen LogP contribution in [0.1, 0.15) is 37.7 Å². The van der Waals surface area contributed by atoms with Gasteiger partial charge < -0.3 is 10.2 Å². The Balaban J connectivity index is 1.57. The van der Waals surface area contributed by atoms with Crippen LogP contribution < -0.4 is 10.2 Å². The van der Waals surface area contributed by atoms with Crippen molar-refractivity contribution in [2.45, 2.75) is 25.3 Å². The zero-order valence-corrected chi connectivity index (χ0v) is 12.9. The highest BCUT2D eigenvalue weighted by atomic mass is 32.1. The van der Waals surface area contributed by atoms with Crippen molar-refractivity contribution in [3.05, 3.63) is 51.7 Å². The fourth-order valence-corrected chi connectivity index (χ4v) is 3.76. The van der Waals surface area contributed by atoms with E-state index in [1.54, 1.807) is 4.90 Å². The Kier molecular flexibility index (Phi) is 3.22. The van der Waals surface area contributed by atoms with E-state index in [-0.39, 0.29) is 11.8 Å². The van der Waals surface area contributed by atoms with Gasteiger partial charge in [-0.2, -0.15) is 0 Å².